The van der Waals surface area contributed by atoms with Crippen molar-refractivity contribution >= 4 is 5.71 Å². The van der Waals surface area contributed by atoms with E-state index in [2.05, 4.69) is 10.1 Å². The van der Waals surface area contributed by atoms with E-state index in [1.54, 1.807) is 12.4 Å². The highest BCUT2D eigenvalue weighted by molar-refractivity contribution is 6.00. The summed E-state index contributed by atoms with van der Waals surface area (Å²) in [5.74, 6) is 0. The summed E-state index contributed by atoms with van der Waals surface area (Å²) in [6.07, 6.45) is 4.65. The van der Waals surface area contributed by atoms with Gasteiger partial charge in [-0.3, -0.25) is 4.98 Å². The van der Waals surface area contributed by atoms with Crippen LogP contribution in [0.5, 0.6) is 0 Å². The van der Waals surface area contributed by atoms with Crippen LogP contribution in [0.15, 0.2) is 29.7 Å². The van der Waals surface area contributed by atoms with E-state index in [1.807, 2.05) is 19.1 Å². The summed E-state index contributed by atoms with van der Waals surface area (Å²) in [5, 5.41) is 3.96. The van der Waals surface area contributed by atoms with Crippen LogP contribution in [0.1, 0.15) is 18.9 Å². The molecule has 1 aliphatic heterocycles. The molecular weight excluding hydrogens is 152 g/mol. The third-order valence-corrected chi connectivity index (χ3v) is 1.82. The van der Waals surface area contributed by atoms with Crippen LogP contribution >= 0.6 is 0 Å². The third kappa shape index (κ3) is 1.30. The standard InChI is InChI=1S/C9H10N2O/c1-7-5-9(11-12-7)8-3-2-4-10-6-8/h2-4,6-7H,5H2,1H3. The predicted molar refractivity (Wildman–Crippen MR) is 45.9 cm³/mol. The number of hydrogen-bond donors (Lipinski definition) is 0. The molecule has 0 aromatic carbocycles. The molecule has 0 fully saturated rings. The topological polar surface area (TPSA) is 34.5 Å². The van der Waals surface area contributed by atoms with E-state index in [0.717, 1.165) is 17.7 Å². The van der Waals surface area contributed by atoms with Gasteiger partial charge in [0.25, 0.3) is 0 Å². The Balaban J connectivity index is 2.22. The lowest BCUT2D eigenvalue weighted by Gasteiger charge is -1.96. The maximum Gasteiger partial charge on any atom is 0.130 e. The Labute approximate surface area is 71.1 Å². The molecule has 1 aromatic rings. The molecule has 1 aromatic heterocycles. The molecule has 3 nitrogen and oxygen atoms in total. The molecule has 0 bridgehead atoms. The molecule has 1 aliphatic rings. The summed E-state index contributed by atoms with van der Waals surface area (Å²) < 4.78 is 0. The van der Waals surface area contributed by atoms with Gasteiger partial charge in [-0.1, -0.05) is 5.16 Å². The molecule has 12 heavy (non-hydrogen) atoms. The molecule has 62 valence electrons. The van der Waals surface area contributed by atoms with Gasteiger partial charge in [-0.25, -0.2) is 0 Å². The second kappa shape index (κ2) is 2.93. The zero-order chi connectivity index (χ0) is 8.39. The van der Waals surface area contributed by atoms with Crippen LogP contribution in [-0.2, 0) is 4.84 Å². The fourth-order valence-corrected chi connectivity index (χ4v) is 1.20. The van der Waals surface area contributed by atoms with Gasteiger partial charge >= 0.3 is 0 Å². The number of oxime groups is 1. The Kier molecular flexibility index (Phi) is 1.78. The minimum absolute atomic E-state index is 0.209. The Bertz CT molecular complexity index is 295. The van der Waals surface area contributed by atoms with E-state index in [0.29, 0.717) is 0 Å². The van der Waals surface area contributed by atoms with Crippen LogP contribution in [0.4, 0.5) is 0 Å². The van der Waals surface area contributed by atoms with Gasteiger partial charge in [-0.2, -0.15) is 0 Å². The van der Waals surface area contributed by atoms with Crippen molar-refractivity contribution in [3.05, 3.63) is 30.1 Å². The zero-order valence-corrected chi connectivity index (χ0v) is 6.90. The quantitative estimate of drug-likeness (QED) is 0.628. The maximum absolute atomic E-state index is 5.08. The van der Waals surface area contributed by atoms with Gasteiger partial charge in [0.05, 0.1) is 5.71 Å². The molecule has 1 unspecified atom stereocenters. The summed E-state index contributed by atoms with van der Waals surface area (Å²) >= 11 is 0. The molecule has 0 amide bonds. The molecule has 3 heteroatoms. The summed E-state index contributed by atoms with van der Waals surface area (Å²) in [7, 11) is 0. The fourth-order valence-electron chi connectivity index (χ4n) is 1.20. The Morgan fingerprint density at radius 3 is 3.08 bits per heavy atom. The van der Waals surface area contributed by atoms with Crippen LogP contribution in [-0.4, -0.2) is 16.8 Å². The van der Waals surface area contributed by atoms with Crippen LogP contribution in [0.3, 0.4) is 0 Å². The molecule has 0 saturated carbocycles. The van der Waals surface area contributed by atoms with Crippen molar-refractivity contribution in [2.45, 2.75) is 19.4 Å². The van der Waals surface area contributed by atoms with Gasteiger partial charge in [-0.05, 0) is 19.1 Å². The van der Waals surface area contributed by atoms with Gasteiger partial charge in [0.1, 0.15) is 6.10 Å². The van der Waals surface area contributed by atoms with Crippen LogP contribution in [0.25, 0.3) is 0 Å². The van der Waals surface area contributed by atoms with Gasteiger partial charge in [0.2, 0.25) is 0 Å². The number of rotatable bonds is 1. The zero-order valence-electron chi connectivity index (χ0n) is 6.90. The molecule has 1 atom stereocenters. The molecule has 0 N–H and O–H groups in total. The van der Waals surface area contributed by atoms with E-state index < -0.39 is 0 Å². The first-order valence-corrected chi connectivity index (χ1v) is 3.99. The average Bonchev–Trinajstić information content (AvgIpc) is 2.54. The third-order valence-electron chi connectivity index (χ3n) is 1.82. The normalized spacial score (nSPS) is 21.8. The van der Waals surface area contributed by atoms with Crippen molar-refractivity contribution in [1.82, 2.24) is 4.98 Å². The Hall–Kier alpha value is -1.38. The van der Waals surface area contributed by atoms with Gasteiger partial charge < -0.3 is 4.84 Å². The molecule has 0 aliphatic carbocycles. The lowest BCUT2D eigenvalue weighted by molar-refractivity contribution is 0.0995. The van der Waals surface area contributed by atoms with E-state index in [-0.39, 0.29) is 6.10 Å². The highest BCUT2D eigenvalue weighted by atomic mass is 16.6. The first kappa shape index (κ1) is 7.28. The fraction of sp³-hybridized carbons (Fsp3) is 0.333. The number of pyridine rings is 1. The molecule has 2 rings (SSSR count). The Morgan fingerprint density at radius 2 is 2.50 bits per heavy atom. The maximum atomic E-state index is 5.08. The smallest absolute Gasteiger partial charge is 0.130 e. The number of nitrogens with zero attached hydrogens (tertiary/aromatic N) is 2. The first-order valence-electron chi connectivity index (χ1n) is 3.99. The van der Waals surface area contributed by atoms with E-state index in [4.69, 9.17) is 4.84 Å². The summed E-state index contributed by atoms with van der Waals surface area (Å²) in [6, 6.07) is 3.90. The van der Waals surface area contributed by atoms with Gasteiger partial charge in [0.15, 0.2) is 0 Å². The number of aromatic nitrogens is 1. The van der Waals surface area contributed by atoms with Crippen molar-refractivity contribution in [3.63, 3.8) is 0 Å². The highest BCUT2D eigenvalue weighted by Gasteiger charge is 2.17. The highest BCUT2D eigenvalue weighted by Crippen LogP contribution is 2.14. The van der Waals surface area contributed by atoms with E-state index in [1.165, 1.54) is 0 Å². The van der Waals surface area contributed by atoms with Crippen LogP contribution < -0.4 is 0 Å². The van der Waals surface area contributed by atoms with Crippen molar-refractivity contribution in [3.8, 4) is 0 Å². The van der Waals surface area contributed by atoms with Crippen molar-refractivity contribution in [1.29, 1.82) is 0 Å². The number of hydrogen-bond acceptors (Lipinski definition) is 3. The summed E-state index contributed by atoms with van der Waals surface area (Å²) in [5.41, 5.74) is 2.05. The van der Waals surface area contributed by atoms with Crippen LogP contribution in [0, 0.1) is 0 Å². The SMILES string of the molecule is CC1CC(c2cccnc2)=NO1. The minimum atomic E-state index is 0.209. The van der Waals surface area contributed by atoms with Crippen LogP contribution in [0.2, 0.25) is 0 Å². The lowest BCUT2D eigenvalue weighted by Crippen LogP contribution is -2.03. The molecule has 0 radical (unpaired) electrons. The summed E-state index contributed by atoms with van der Waals surface area (Å²) in [6.45, 7) is 2.01. The molecule has 0 spiro atoms. The van der Waals surface area contributed by atoms with Crippen molar-refractivity contribution in [2.24, 2.45) is 5.16 Å². The lowest BCUT2D eigenvalue weighted by atomic mass is 10.1. The molecule has 2 heterocycles. The minimum Gasteiger partial charge on any atom is -0.392 e. The van der Waals surface area contributed by atoms with Crippen molar-refractivity contribution in [2.75, 3.05) is 0 Å². The molecular formula is C9H10N2O. The monoisotopic (exact) mass is 162 g/mol. The Morgan fingerprint density at radius 1 is 1.58 bits per heavy atom. The first-order chi connectivity index (χ1) is 5.86. The second-order valence-corrected chi connectivity index (χ2v) is 2.90. The van der Waals surface area contributed by atoms with E-state index >= 15 is 0 Å². The predicted octanol–water partition coefficient (Wildman–Crippen LogP) is 1.59. The van der Waals surface area contributed by atoms with E-state index in [9.17, 15) is 0 Å². The molecule has 0 saturated heterocycles. The average molecular weight is 162 g/mol. The summed E-state index contributed by atoms with van der Waals surface area (Å²) in [4.78, 5) is 9.10. The largest absolute Gasteiger partial charge is 0.392 e. The van der Waals surface area contributed by atoms with Gasteiger partial charge in [-0.15, -0.1) is 0 Å². The van der Waals surface area contributed by atoms with Gasteiger partial charge in [0, 0.05) is 24.4 Å². The van der Waals surface area contributed by atoms with Crippen molar-refractivity contribution < 1.29 is 4.84 Å². The second-order valence-electron chi connectivity index (χ2n) is 2.90.